The van der Waals surface area contributed by atoms with Crippen LogP contribution in [0.2, 0.25) is 0 Å². The van der Waals surface area contributed by atoms with E-state index in [9.17, 15) is 25.5 Å². The van der Waals surface area contributed by atoms with Gasteiger partial charge in [0.2, 0.25) is 17.2 Å². The van der Waals surface area contributed by atoms with Gasteiger partial charge in [-0.3, -0.25) is 0 Å². The normalized spacial score (nSPS) is 11.3. The van der Waals surface area contributed by atoms with Gasteiger partial charge in [0.15, 0.2) is 11.5 Å². The molecule has 0 saturated heterocycles. The maximum Gasteiger partial charge on any atom is 0.208 e. The number of aromatic hydroxyl groups is 5. The summed E-state index contributed by atoms with van der Waals surface area (Å²) in [4.78, 5) is 0. The van der Waals surface area contributed by atoms with Gasteiger partial charge in [-0.05, 0) is 66.6 Å². The number of benzene rings is 7. The maximum absolute atomic E-state index is 10.8. The van der Waals surface area contributed by atoms with Crippen molar-refractivity contribution in [3.8, 4) is 73.3 Å². The Morgan fingerprint density at radius 1 is 0.279 bits per heavy atom. The second-order valence-electron chi connectivity index (χ2n) is 10.5. The van der Waals surface area contributed by atoms with Gasteiger partial charge in [-0.1, -0.05) is 121 Å². The van der Waals surface area contributed by atoms with Crippen LogP contribution in [0.3, 0.4) is 0 Å². The van der Waals surface area contributed by atoms with Crippen molar-refractivity contribution in [3.63, 3.8) is 0 Å². The molecule has 7 aromatic rings. The molecule has 0 radical (unpaired) electrons. The molecule has 7 aromatic carbocycles. The number of phenols is 5. The lowest BCUT2D eigenvalue weighted by Crippen LogP contribution is -1.93. The van der Waals surface area contributed by atoms with Crippen LogP contribution >= 0.6 is 0 Å². The third-order valence-electron chi connectivity index (χ3n) is 8.03. The number of hydrogen-bond donors (Lipinski definition) is 5. The Labute approximate surface area is 247 Å². The first kappa shape index (κ1) is 26.0. The van der Waals surface area contributed by atoms with E-state index >= 15 is 0 Å². The van der Waals surface area contributed by atoms with E-state index in [1.54, 1.807) is 6.07 Å². The van der Waals surface area contributed by atoms with Crippen LogP contribution < -0.4 is 0 Å². The first-order chi connectivity index (χ1) is 21.0. The Morgan fingerprint density at radius 3 is 1.37 bits per heavy atom. The van der Waals surface area contributed by atoms with Crippen molar-refractivity contribution in [2.75, 3.05) is 0 Å². The molecule has 0 aliphatic rings. The van der Waals surface area contributed by atoms with Crippen molar-refractivity contribution in [1.29, 1.82) is 0 Å². The van der Waals surface area contributed by atoms with Gasteiger partial charge in [-0.25, -0.2) is 0 Å². The second-order valence-corrected chi connectivity index (χ2v) is 10.5. The van der Waals surface area contributed by atoms with Crippen LogP contribution in [0.4, 0.5) is 0 Å². The molecule has 0 amide bonds. The minimum Gasteiger partial charge on any atom is -0.504 e. The lowest BCUT2D eigenvalue weighted by molar-refractivity contribution is 0.330. The fraction of sp³-hybridized carbons (Fsp3) is 0. The monoisotopic (exact) mass is 562 g/mol. The largest absolute Gasteiger partial charge is 0.504 e. The Bertz CT molecular complexity index is 2140. The van der Waals surface area contributed by atoms with E-state index < -0.39 is 28.7 Å². The highest BCUT2D eigenvalue weighted by Crippen LogP contribution is 2.55. The van der Waals surface area contributed by atoms with Gasteiger partial charge in [0.05, 0.1) is 5.56 Å². The quantitative estimate of drug-likeness (QED) is 0.0836. The van der Waals surface area contributed by atoms with Crippen LogP contribution in [0.15, 0.2) is 127 Å². The van der Waals surface area contributed by atoms with E-state index in [0.29, 0.717) is 5.56 Å². The average molecular weight is 563 g/mol. The predicted octanol–water partition coefficient (Wildman–Crippen LogP) is 9.19. The molecule has 0 unspecified atom stereocenters. The summed E-state index contributed by atoms with van der Waals surface area (Å²) in [6.07, 6.45) is 0. The number of fused-ring (bicyclic) bond motifs is 2. The molecule has 208 valence electrons. The Hall–Kier alpha value is -5.94. The highest BCUT2D eigenvalue weighted by Gasteiger charge is 2.26. The predicted molar refractivity (Wildman–Crippen MR) is 172 cm³/mol. The first-order valence-electron chi connectivity index (χ1n) is 13.8. The van der Waals surface area contributed by atoms with E-state index in [-0.39, 0.29) is 5.56 Å². The molecular weight excluding hydrogens is 536 g/mol. The molecular formula is C38H26O5. The van der Waals surface area contributed by atoms with Gasteiger partial charge < -0.3 is 25.5 Å². The van der Waals surface area contributed by atoms with E-state index in [4.69, 9.17) is 0 Å². The Morgan fingerprint density at radius 2 is 0.744 bits per heavy atom. The zero-order valence-electron chi connectivity index (χ0n) is 22.9. The van der Waals surface area contributed by atoms with Crippen molar-refractivity contribution in [1.82, 2.24) is 0 Å². The number of rotatable bonds is 4. The molecule has 5 N–H and O–H groups in total. The fourth-order valence-electron chi connectivity index (χ4n) is 6.07. The van der Waals surface area contributed by atoms with E-state index in [2.05, 4.69) is 36.4 Å². The maximum atomic E-state index is 10.8. The van der Waals surface area contributed by atoms with E-state index in [0.717, 1.165) is 54.9 Å². The summed E-state index contributed by atoms with van der Waals surface area (Å²) in [5, 5.41) is 56.0. The summed E-state index contributed by atoms with van der Waals surface area (Å²) in [5.74, 6) is -4.28. The standard InChI is InChI=1S/C38H26O5/c39-34-32(35(40)37(42)38(43)36(34)41)24-19-20-29-30(21-24)31(23-13-5-2-6-14-23)27-17-9-10-18-28(27)33(29)26-16-8-7-15-25(26)22-11-3-1-4-12-22/h1-21,39-43H. The third-order valence-corrected chi connectivity index (χ3v) is 8.03. The molecule has 0 bridgehead atoms. The second kappa shape index (κ2) is 10.2. The van der Waals surface area contributed by atoms with Gasteiger partial charge in [0.1, 0.15) is 0 Å². The van der Waals surface area contributed by atoms with Crippen molar-refractivity contribution in [3.05, 3.63) is 127 Å². The van der Waals surface area contributed by atoms with Gasteiger partial charge in [0.25, 0.3) is 0 Å². The highest BCUT2D eigenvalue weighted by molar-refractivity contribution is 6.23. The lowest BCUT2D eigenvalue weighted by atomic mass is 9.83. The average Bonchev–Trinajstić information content (AvgIpc) is 3.06. The van der Waals surface area contributed by atoms with Crippen molar-refractivity contribution >= 4 is 21.5 Å². The lowest BCUT2D eigenvalue weighted by Gasteiger charge is -2.21. The zero-order valence-corrected chi connectivity index (χ0v) is 22.9. The zero-order chi connectivity index (χ0) is 29.7. The molecule has 7 rings (SSSR count). The molecule has 0 atom stereocenters. The smallest absolute Gasteiger partial charge is 0.208 e. The van der Waals surface area contributed by atoms with Crippen LogP contribution in [0, 0.1) is 0 Å². The van der Waals surface area contributed by atoms with Gasteiger partial charge in [-0.2, -0.15) is 0 Å². The van der Waals surface area contributed by atoms with Crippen molar-refractivity contribution in [2.45, 2.75) is 0 Å². The molecule has 0 spiro atoms. The number of phenolic OH excluding ortho intramolecular Hbond substituents is 5. The van der Waals surface area contributed by atoms with Crippen LogP contribution in [0.5, 0.6) is 28.7 Å². The Kier molecular flexibility index (Phi) is 6.14. The van der Waals surface area contributed by atoms with Gasteiger partial charge in [-0.15, -0.1) is 0 Å². The van der Waals surface area contributed by atoms with E-state index in [1.807, 2.05) is 84.9 Å². The van der Waals surface area contributed by atoms with Crippen LogP contribution in [0.25, 0.3) is 66.1 Å². The van der Waals surface area contributed by atoms with Gasteiger partial charge in [0, 0.05) is 0 Å². The van der Waals surface area contributed by atoms with Crippen molar-refractivity contribution in [2.24, 2.45) is 0 Å². The molecule has 0 aliphatic carbocycles. The summed E-state index contributed by atoms with van der Waals surface area (Å²) in [7, 11) is 0. The molecule has 0 aromatic heterocycles. The molecule has 0 aliphatic heterocycles. The van der Waals surface area contributed by atoms with Gasteiger partial charge >= 0.3 is 0 Å². The molecule has 0 fully saturated rings. The molecule has 5 nitrogen and oxygen atoms in total. The third kappa shape index (κ3) is 4.10. The molecule has 5 heteroatoms. The summed E-state index contributed by atoms with van der Waals surface area (Å²) >= 11 is 0. The topological polar surface area (TPSA) is 101 Å². The summed E-state index contributed by atoms with van der Waals surface area (Å²) in [5.41, 5.74) is 6.34. The fourth-order valence-corrected chi connectivity index (χ4v) is 6.07. The van der Waals surface area contributed by atoms with Crippen LogP contribution in [-0.2, 0) is 0 Å². The SMILES string of the molecule is Oc1c(O)c(O)c(-c2ccc3c(-c4ccccc4-c4ccccc4)c4ccccc4c(-c4ccccc4)c3c2)c(O)c1O. The summed E-state index contributed by atoms with van der Waals surface area (Å²) < 4.78 is 0. The van der Waals surface area contributed by atoms with Crippen molar-refractivity contribution < 1.29 is 25.5 Å². The van der Waals surface area contributed by atoms with E-state index in [1.165, 1.54) is 0 Å². The minimum absolute atomic E-state index is 0.187. The number of hydrogen-bond acceptors (Lipinski definition) is 5. The summed E-state index contributed by atoms with van der Waals surface area (Å²) in [6.45, 7) is 0. The Balaban J connectivity index is 1.65. The molecule has 43 heavy (non-hydrogen) atoms. The molecule has 0 saturated carbocycles. The minimum atomic E-state index is -0.990. The summed E-state index contributed by atoms with van der Waals surface area (Å²) in [6, 6.07) is 42.3. The molecule has 0 heterocycles. The highest BCUT2D eigenvalue weighted by atomic mass is 16.4. The van der Waals surface area contributed by atoms with Crippen LogP contribution in [-0.4, -0.2) is 25.5 Å². The van der Waals surface area contributed by atoms with Crippen LogP contribution in [0.1, 0.15) is 0 Å². The first-order valence-corrected chi connectivity index (χ1v) is 13.8.